The summed E-state index contributed by atoms with van der Waals surface area (Å²) in [5.74, 6) is 1.25. The number of nitrogens with one attached hydrogen (secondary N) is 1. The molecule has 0 saturated carbocycles. The molecule has 1 aliphatic rings. The molecule has 0 fully saturated rings. The Bertz CT molecular complexity index is 1230. The number of nitrogens with zero attached hydrogens (tertiary/aromatic N) is 1. The summed E-state index contributed by atoms with van der Waals surface area (Å²) in [5.41, 5.74) is 5.42. The van der Waals surface area contributed by atoms with Crippen molar-refractivity contribution in [1.82, 2.24) is 9.88 Å². The zero-order valence-electron chi connectivity index (χ0n) is 18.7. The first kappa shape index (κ1) is 21.0. The van der Waals surface area contributed by atoms with Crippen LogP contribution in [0, 0.1) is 13.8 Å². The van der Waals surface area contributed by atoms with Crippen LogP contribution in [0.1, 0.15) is 47.2 Å². The number of hydrogen-bond acceptors (Lipinski definition) is 4. The number of methoxy groups -OCH3 is 2. The number of ether oxygens (including phenoxy) is 2. The molecule has 1 aliphatic heterocycles. The molecule has 0 bridgehead atoms. The Morgan fingerprint density at radius 3 is 2.39 bits per heavy atom. The number of fused-ring (bicyclic) bond motifs is 2. The average molecular weight is 421 g/mol. The van der Waals surface area contributed by atoms with Gasteiger partial charge in [-0.05, 0) is 78.2 Å². The molecule has 0 aliphatic carbocycles. The lowest BCUT2D eigenvalue weighted by Crippen LogP contribution is -2.42. The van der Waals surface area contributed by atoms with E-state index in [1.165, 1.54) is 0 Å². The molecular weight excluding hydrogens is 392 g/mol. The minimum atomic E-state index is -0.481. The molecular formula is C25H28N2O4. The predicted molar refractivity (Wildman–Crippen MR) is 121 cm³/mol. The largest absolute Gasteiger partial charge is 0.493 e. The van der Waals surface area contributed by atoms with Gasteiger partial charge in [-0.2, -0.15) is 0 Å². The fourth-order valence-electron chi connectivity index (χ4n) is 4.45. The Morgan fingerprint density at radius 1 is 1.03 bits per heavy atom. The van der Waals surface area contributed by atoms with Gasteiger partial charge in [-0.25, -0.2) is 0 Å². The van der Waals surface area contributed by atoms with E-state index in [-0.39, 0.29) is 11.5 Å². The standard InChI is InChI=1S/C25H28N2O4/c1-6-23(28)27-8-7-16-12-21(30-4)22(31-5)13-18(16)24(27)19-11-17-9-14(2)15(3)10-20(17)26-25(19)29/h9-13,24H,6-8H2,1-5H3,(H,26,29)/t24-/m1/s1. The van der Waals surface area contributed by atoms with Crippen molar-refractivity contribution >= 4 is 16.8 Å². The highest BCUT2D eigenvalue weighted by Crippen LogP contribution is 2.40. The molecule has 2 heterocycles. The molecule has 2 aromatic carbocycles. The van der Waals surface area contributed by atoms with Crippen LogP contribution in [0.15, 0.2) is 35.1 Å². The van der Waals surface area contributed by atoms with Crippen LogP contribution < -0.4 is 15.0 Å². The zero-order chi connectivity index (χ0) is 22.3. The Kier molecular flexibility index (Phi) is 5.48. The van der Waals surface area contributed by atoms with Crippen LogP contribution in [0.3, 0.4) is 0 Å². The van der Waals surface area contributed by atoms with Crippen molar-refractivity contribution in [3.63, 3.8) is 0 Å². The van der Waals surface area contributed by atoms with E-state index < -0.39 is 6.04 Å². The first-order valence-electron chi connectivity index (χ1n) is 10.6. The smallest absolute Gasteiger partial charge is 0.254 e. The molecule has 0 radical (unpaired) electrons. The molecule has 162 valence electrons. The molecule has 3 aromatic rings. The minimum absolute atomic E-state index is 0.0185. The first-order chi connectivity index (χ1) is 14.9. The molecule has 1 aromatic heterocycles. The van der Waals surface area contributed by atoms with Crippen molar-refractivity contribution in [1.29, 1.82) is 0 Å². The fraction of sp³-hybridized carbons (Fsp3) is 0.360. The van der Waals surface area contributed by atoms with Gasteiger partial charge < -0.3 is 19.4 Å². The number of benzene rings is 2. The second-order valence-corrected chi connectivity index (χ2v) is 8.08. The van der Waals surface area contributed by atoms with Gasteiger partial charge in [-0.3, -0.25) is 9.59 Å². The van der Waals surface area contributed by atoms with E-state index in [0.717, 1.165) is 33.2 Å². The molecule has 0 spiro atoms. The van der Waals surface area contributed by atoms with Crippen LogP contribution in [-0.4, -0.2) is 36.6 Å². The van der Waals surface area contributed by atoms with Crippen LogP contribution in [0.2, 0.25) is 0 Å². The molecule has 6 nitrogen and oxygen atoms in total. The van der Waals surface area contributed by atoms with Crippen molar-refractivity contribution < 1.29 is 14.3 Å². The molecule has 0 saturated heterocycles. The third-order valence-electron chi connectivity index (χ3n) is 6.28. The molecule has 1 atom stereocenters. The highest BCUT2D eigenvalue weighted by Gasteiger charge is 2.34. The third kappa shape index (κ3) is 3.56. The Labute approximate surface area is 181 Å². The summed E-state index contributed by atoms with van der Waals surface area (Å²) in [5, 5.41) is 0.953. The van der Waals surface area contributed by atoms with Crippen molar-refractivity contribution in [2.24, 2.45) is 0 Å². The summed E-state index contributed by atoms with van der Waals surface area (Å²) in [6.45, 7) is 6.48. The number of hydrogen-bond donors (Lipinski definition) is 1. The number of amides is 1. The SMILES string of the molecule is CCC(=O)N1CCc2cc(OC)c(OC)cc2[C@@H]1c1cc2cc(C)c(C)cc2[nH]c1=O. The summed E-state index contributed by atoms with van der Waals surface area (Å²) in [6.07, 6.45) is 1.07. The van der Waals surface area contributed by atoms with Crippen LogP contribution in [0.4, 0.5) is 0 Å². The lowest BCUT2D eigenvalue weighted by atomic mass is 9.87. The highest BCUT2D eigenvalue weighted by molar-refractivity contribution is 5.82. The van der Waals surface area contributed by atoms with E-state index in [2.05, 4.69) is 18.0 Å². The number of aromatic nitrogens is 1. The normalized spacial score (nSPS) is 15.6. The number of rotatable bonds is 4. The zero-order valence-corrected chi connectivity index (χ0v) is 18.7. The lowest BCUT2D eigenvalue weighted by Gasteiger charge is -2.37. The van der Waals surface area contributed by atoms with E-state index in [1.807, 2.05) is 43.0 Å². The van der Waals surface area contributed by atoms with Crippen LogP contribution in [0.5, 0.6) is 11.5 Å². The number of carbonyl (C=O) groups is 1. The summed E-state index contributed by atoms with van der Waals surface area (Å²) < 4.78 is 11.0. The Hall–Kier alpha value is -3.28. The number of H-pyrrole nitrogens is 1. The van der Waals surface area contributed by atoms with Gasteiger partial charge in [0, 0.05) is 24.0 Å². The Balaban J connectivity index is 1.98. The van der Waals surface area contributed by atoms with Crippen molar-refractivity contribution in [2.75, 3.05) is 20.8 Å². The van der Waals surface area contributed by atoms with Crippen molar-refractivity contribution in [2.45, 2.75) is 39.7 Å². The van der Waals surface area contributed by atoms with E-state index in [0.29, 0.717) is 36.4 Å². The van der Waals surface area contributed by atoms with Gasteiger partial charge >= 0.3 is 0 Å². The summed E-state index contributed by atoms with van der Waals surface area (Å²) >= 11 is 0. The average Bonchev–Trinajstić information content (AvgIpc) is 2.77. The fourth-order valence-corrected chi connectivity index (χ4v) is 4.45. The van der Waals surface area contributed by atoms with Crippen molar-refractivity contribution in [3.8, 4) is 11.5 Å². The van der Waals surface area contributed by atoms with Gasteiger partial charge in [0.25, 0.3) is 5.56 Å². The molecule has 4 rings (SSSR count). The van der Waals surface area contributed by atoms with Gasteiger partial charge in [0.2, 0.25) is 5.91 Å². The topological polar surface area (TPSA) is 71.6 Å². The maximum atomic E-state index is 13.2. The molecule has 6 heteroatoms. The van der Waals surface area contributed by atoms with Crippen LogP contribution in [-0.2, 0) is 11.2 Å². The second-order valence-electron chi connectivity index (χ2n) is 8.08. The quantitative estimate of drug-likeness (QED) is 0.691. The van der Waals surface area contributed by atoms with E-state index in [4.69, 9.17) is 9.47 Å². The second kappa shape index (κ2) is 8.10. The first-order valence-corrected chi connectivity index (χ1v) is 10.6. The van der Waals surface area contributed by atoms with E-state index >= 15 is 0 Å². The molecule has 0 unspecified atom stereocenters. The predicted octanol–water partition coefficient (Wildman–Crippen LogP) is 4.05. The maximum Gasteiger partial charge on any atom is 0.254 e. The van der Waals surface area contributed by atoms with Crippen molar-refractivity contribution in [3.05, 3.63) is 68.5 Å². The monoisotopic (exact) mass is 420 g/mol. The maximum absolute atomic E-state index is 13.2. The van der Waals surface area contributed by atoms with Gasteiger partial charge in [-0.15, -0.1) is 0 Å². The number of pyridine rings is 1. The summed E-state index contributed by atoms with van der Waals surface area (Å²) in [6, 6.07) is 9.37. The van der Waals surface area contributed by atoms with Gasteiger partial charge in [0.1, 0.15) is 0 Å². The number of aromatic amines is 1. The highest BCUT2D eigenvalue weighted by atomic mass is 16.5. The Morgan fingerprint density at radius 2 is 1.71 bits per heavy atom. The number of carbonyl (C=O) groups excluding carboxylic acids is 1. The molecule has 31 heavy (non-hydrogen) atoms. The van der Waals surface area contributed by atoms with E-state index in [1.54, 1.807) is 14.2 Å². The third-order valence-corrected chi connectivity index (χ3v) is 6.28. The van der Waals surface area contributed by atoms with Gasteiger partial charge in [0.15, 0.2) is 11.5 Å². The molecule has 1 amide bonds. The van der Waals surface area contributed by atoms with Crippen LogP contribution >= 0.6 is 0 Å². The summed E-state index contributed by atoms with van der Waals surface area (Å²) in [4.78, 5) is 30.9. The summed E-state index contributed by atoms with van der Waals surface area (Å²) in [7, 11) is 3.20. The van der Waals surface area contributed by atoms with Crippen LogP contribution in [0.25, 0.3) is 10.9 Å². The molecule has 1 N–H and O–H groups in total. The minimum Gasteiger partial charge on any atom is -0.493 e. The lowest BCUT2D eigenvalue weighted by molar-refractivity contribution is -0.132. The van der Waals surface area contributed by atoms with E-state index in [9.17, 15) is 9.59 Å². The van der Waals surface area contributed by atoms with Gasteiger partial charge in [0.05, 0.1) is 20.3 Å². The number of aryl methyl sites for hydroxylation is 2. The van der Waals surface area contributed by atoms with Gasteiger partial charge in [-0.1, -0.05) is 6.92 Å².